The predicted molar refractivity (Wildman–Crippen MR) is 92.4 cm³/mol. The minimum absolute atomic E-state index is 0.223. The van der Waals surface area contributed by atoms with Crippen LogP contribution < -0.4 is 0 Å². The van der Waals surface area contributed by atoms with Crippen LogP contribution in [0.25, 0.3) is 0 Å². The van der Waals surface area contributed by atoms with Crippen LogP contribution >= 0.6 is 0 Å². The Bertz CT molecular complexity index is 743. The number of ether oxygens (including phenoxy) is 2. The van der Waals surface area contributed by atoms with E-state index >= 15 is 0 Å². The zero-order valence-electron chi connectivity index (χ0n) is 15.9. The van der Waals surface area contributed by atoms with Crippen molar-refractivity contribution in [1.82, 2.24) is 0 Å². The molecule has 0 spiro atoms. The van der Waals surface area contributed by atoms with Crippen molar-refractivity contribution in [1.29, 1.82) is 0 Å². The van der Waals surface area contributed by atoms with E-state index in [2.05, 4.69) is 4.74 Å². The van der Waals surface area contributed by atoms with Crippen LogP contribution in [0.5, 0.6) is 0 Å². The lowest BCUT2D eigenvalue weighted by Gasteiger charge is -2.27. The number of nitrogens with zero attached hydrogens (tertiary/aromatic N) is 1. The number of hydrogen-bond donors (Lipinski definition) is 0. The molecular weight excluding hydrogens is 399 g/mol. The summed E-state index contributed by atoms with van der Waals surface area (Å²) in [4.78, 5) is 47.3. The molecule has 0 bridgehead atoms. The normalized spacial score (nSPS) is 14.4. The number of benzene rings is 1. The van der Waals surface area contributed by atoms with E-state index in [1.807, 2.05) is 0 Å². The van der Waals surface area contributed by atoms with E-state index in [1.165, 1.54) is 13.8 Å². The molecule has 0 radical (unpaired) electrons. The van der Waals surface area contributed by atoms with Crippen LogP contribution in [0.1, 0.15) is 37.8 Å². The highest BCUT2D eigenvalue weighted by Gasteiger charge is 2.52. The lowest BCUT2D eigenvalue weighted by atomic mass is 9.76. The van der Waals surface area contributed by atoms with Gasteiger partial charge in [0.25, 0.3) is 0 Å². The Balaban J connectivity index is 3.83. The van der Waals surface area contributed by atoms with Gasteiger partial charge < -0.3 is 9.47 Å². The molecule has 160 valence electrons. The maximum Gasteiger partial charge on any atom is 0.416 e. The Kier molecular flexibility index (Phi) is 8.28. The summed E-state index contributed by atoms with van der Waals surface area (Å²) in [6.45, 7) is 3.11. The monoisotopic (exact) mass is 419 g/mol. The zero-order valence-corrected chi connectivity index (χ0v) is 15.9. The highest BCUT2D eigenvalue weighted by Crippen LogP contribution is 2.40. The van der Waals surface area contributed by atoms with Crippen molar-refractivity contribution in [2.75, 3.05) is 13.2 Å². The fourth-order valence-electron chi connectivity index (χ4n) is 2.97. The maximum atomic E-state index is 13.5. The first-order valence-corrected chi connectivity index (χ1v) is 8.60. The number of rotatable bonds is 9. The molecule has 0 saturated heterocycles. The van der Waals surface area contributed by atoms with Crippen LogP contribution in [-0.4, -0.2) is 41.9 Å². The summed E-state index contributed by atoms with van der Waals surface area (Å²) in [5, 5.41) is 11.7. The van der Waals surface area contributed by atoms with E-state index in [-0.39, 0.29) is 13.2 Å². The van der Waals surface area contributed by atoms with Gasteiger partial charge in [-0.2, -0.15) is 13.2 Å². The minimum Gasteiger partial charge on any atom is -0.465 e. The molecule has 0 aliphatic carbocycles. The summed E-state index contributed by atoms with van der Waals surface area (Å²) >= 11 is 0. The fraction of sp³-hybridized carbons (Fsp3) is 0.500. The molecule has 8 nitrogen and oxygen atoms in total. The van der Waals surface area contributed by atoms with Gasteiger partial charge >= 0.3 is 24.2 Å². The highest BCUT2D eigenvalue weighted by atomic mass is 19.4. The topological polar surface area (TPSA) is 113 Å². The van der Waals surface area contributed by atoms with Crippen molar-refractivity contribution in [3.8, 4) is 0 Å². The number of halogens is 3. The molecule has 0 aliphatic rings. The number of alkyl halides is 3. The molecule has 0 aliphatic heterocycles. The molecule has 0 saturated carbocycles. The third kappa shape index (κ3) is 5.75. The predicted octanol–water partition coefficient (Wildman–Crippen LogP) is 2.77. The SMILES string of the molecule is CCOC(=O)C(C(C)=O)C(c1ccccc1C(F)(F)F)C(C(=O)OCC)[N+](=O)[O-]. The molecule has 29 heavy (non-hydrogen) atoms. The molecule has 11 heteroatoms. The fourth-order valence-corrected chi connectivity index (χ4v) is 2.97. The molecule has 1 aromatic rings. The van der Waals surface area contributed by atoms with Gasteiger partial charge in [-0.25, -0.2) is 4.79 Å². The molecule has 0 heterocycles. The third-order valence-corrected chi connectivity index (χ3v) is 4.06. The lowest BCUT2D eigenvalue weighted by Crippen LogP contribution is -2.45. The van der Waals surface area contributed by atoms with E-state index in [9.17, 15) is 37.7 Å². The van der Waals surface area contributed by atoms with Gasteiger partial charge in [-0.1, -0.05) is 18.2 Å². The average molecular weight is 419 g/mol. The van der Waals surface area contributed by atoms with Gasteiger partial charge in [0.1, 0.15) is 11.7 Å². The van der Waals surface area contributed by atoms with Gasteiger partial charge in [-0.05, 0) is 32.4 Å². The van der Waals surface area contributed by atoms with E-state index in [1.54, 1.807) is 0 Å². The van der Waals surface area contributed by atoms with E-state index in [4.69, 9.17) is 4.74 Å². The van der Waals surface area contributed by atoms with Crippen molar-refractivity contribution >= 4 is 17.7 Å². The number of Topliss-reactive ketones (excluding diaryl/α,β-unsaturated/α-hetero) is 1. The van der Waals surface area contributed by atoms with Crippen molar-refractivity contribution in [3.05, 3.63) is 45.5 Å². The van der Waals surface area contributed by atoms with Gasteiger partial charge in [0, 0.05) is 4.92 Å². The average Bonchev–Trinajstić information content (AvgIpc) is 2.60. The molecule has 0 amide bonds. The summed E-state index contributed by atoms with van der Waals surface area (Å²) in [5.41, 5.74) is -2.06. The second-order valence-corrected chi connectivity index (χ2v) is 5.93. The third-order valence-electron chi connectivity index (χ3n) is 4.06. The van der Waals surface area contributed by atoms with E-state index in [0.29, 0.717) is 6.07 Å². The summed E-state index contributed by atoms with van der Waals surface area (Å²) in [7, 11) is 0. The van der Waals surface area contributed by atoms with Crippen molar-refractivity contribution < 1.29 is 42.0 Å². The second-order valence-electron chi connectivity index (χ2n) is 5.93. The Hall–Kier alpha value is -2.98. The Morgan fingerprint density at radius 2 is 1.59 bits per heavy atom. The first-order valence-electron chi connectivity index (χ1n) is 8.60. The maximum absolute atomic E-state index is 13.5. The van der Waals surface area contributed by atoms with Gasteiger partial charge in [0.05, 0.1) is 24.7 Å². The van der Waals surface area contributed by atoms with Gasteiger partial charge in [0.15, 0.2) is 0 Å². The summed E-state index contributed by atoms with van der Waals surface area (Å²) in [5.74, 6) is -7.81. The molecule has 0 fully saturated rings. The van der Waals surface area contributed by atoms with Gasteiger partial charge in [0.2, 0.25) is 0 Å². The Labute approximate surface area is 164 Å². The molecule has 1 rings (SSSR count). The van der Waals surface area contributed by atoms with Crippen molar-refractivity contribution in [2.24, 2.45) is 5.92 Å². The molecule has 1 aromatic carbocycles. The number of esters is 2. The quantitative estimate of drug-likeness (QED) is 0.262. The standard InChI is InChI=1S/C18H20F3NO7/c1-4-28-16(24)13(10(3)23)14(15(22(26)27)17(25)29-5-2)11-8-6-7-9-12(11)18(19,20)21/h6-9,13-15H,4-5H2,1-3H3. The lowest BCUT2D eigenvalue weighted by molar-refractivity contribution is -0.515. The van der Waals surface area contributed by atoms with Crippen LogP contribution in [-0.2, 0) is 30.0 Å². The van der Waals surface area contributed by atoms with E-state index < -0.39 is 57.8 Å². The minimum atomic E-state index is -4.96. The van der Waals surface area contributed by atoms with Crippen LogP contribution in [0.3, 0.4) is 0 Å². The summed E-state index contributed by atoms with van der Waals surface area (Å²) in [6.07, 6.45) is -4.96. The largest absolute Gasteiger partial charge is 0.465 e. The summed E-state index contributed by atoms with van der Waals surface area (Å²) < 4.78 is 50.0. The molecule has 3 unspecified atom stereocenters. The van der Waals surface area contributed by atoms with Crippen molar-refractivity contribution in [2.45, 2.75) is 38.9 Å². The second kappa shape index (κ2) is 9.99. The number of hydrogen-bond acceptors (Lipinski definition) is 7. The van der Waals surface area contributed by atoms with Gasteiger partial charge in [-0.15, -0.1) is 0 Å². The number of ketones is 1. The molecular formula is C18H20F3NO7. The van der Waals surface area contributed by atoms with Gasteiger partial charge in [-0.3, -0.25) is 19.7 Å². The van der Waals surface area contributed by atoms with E-state index in [0.717, 1.165) is 25.1 Å². The van der Waals surface area contributed by atoms with Crippen LogP contribution in [0, 0.1) is 16.0 Å². The molecule has 3 atom stereocenters. The smallest absolute Gasteiger partial charge is 0.416 e. The van der Waals surface area contributed by atoms with Crippen LogP contribution in [0.2, 0.25) is 0 Å². The van der Waals surface area contributed by atoms with Crippen LogP contribution in [0.4, 0.5) is 13.2 Å². The number of nitro groups is 1. The van der Waals surface area contributed by atoms with Crippen molar-refractivity contribution in [3.63, 3.8) is 0 Å². The van der Waals surface area contributed by atoms with Crippen LogP contribution in [0.15, 0.2) is 24.3 Å². The zero-order chi connectivity index (χ0) is 22.4. The first-order chi connectivity index (χ1) is 13.5. The Morgan fingerprint density at radius 3 is 2.03 bits per heavy atom. The number of carbonyl (C=O) groups is 3. The molecule has 0 aromatic heterocycles. The first kappa shape index (κ1) is 24.1. The molecule has 0 N–H and O–H groups in total. The highest BCUT2D eigenvalue weighted by molar-refractivity contribution is 5.99. The summed E-state index contributed by atoms with van der Waals surface area (Å²) in [6, 6.07) is 1.30. The number of carbonyl (C=O) groups excluding carboxylic acids is 3. The Morgan fingerprint density at radius 1 is 1.07 bits per heavy atom.